The lowest BCUT2D eigenvalue weighted by Crippen LogP contribution is -2.22. The average molecular weight is 115 g/mol. The molecular formula is C4H9N3O. The maximum Gasteiger partial charge on any atom is 0.185 e. The molecule has 46 valence electrons. The van der Waals surface area contributed by atoms with Crippen LogP contribution in [0, 0.1) is 0 Å². The van der Waals surface area contributed by atoms with Crippen molar-refractivity contribution in [3.63, 3.8) is 0 Å². The zero-order chi connectivity index (χ0) is 6.41. The quantitative estimate of drug-likeness (QED) is 0.211. The molecule has 0 aromatic heterocycles. The highest BCUT2D eigenvalue weighted by molar-refractivity contribution is 5.75. The SMILES string of the molecule is NC(N)=NCCC=O. The molecule has 0 aliphatic heterocycles. The van der Waals surface area contributed by atoms with E-state index in [2.05, 4.69) is 4.99 Å². The number of aliphatic imine (C=N–C) groups is 1. The number of nitrogens with zero attached hydrogens (tertiary/aromatic N) is 1. The molecule has 4 heteroatoms. The summed E-state index contributed by atoms with van der Waals surface area (Å²) in [4.78, 5) is 13.2. The number of rotatable bonds is 3. The van der Waals surface area contributed by atoms with Crippen LogP contribution in [0.15, 0.2) is 4.99 Å². The Morgan fingerprint density at radius 2 is 2.25 bits per heavy atom. The van der Waals surface area contributed by atoms with Gasteiger partial charge in [-0.3, -0.25) is 4.99 Å². The van der Waals surface area contributed by atoms with Gasteiger partial charge >= 0.3 is 0 Å². The van der Waals surface area contributed by atoms with Gasteiger partial charge in [-0.15, -0.1) is 0 Å². The first-order valence-corrected chi connectivity index (χ1v) is 2.26. The molecule has 0 heterocycles. The molecule has 8 heavy (non-hydrogen) atoms. The summed E-state index contributed by atoms with van der Waals surface area (Å²) in [6.07, 6.45) is 1.16. The molecule has 0 aliphatic carbocycles. The summed E-state index contributed by atoms with van der Waals surface area (Å²) in [6, 6.07) is 0. The first kappa shape index (κ1) is 6.94. The van der Waals surface area contributed by atoms with Gasteiger partial charge in [-0.05, 0) is 0 Å². The molecule has 0 fully saturated rings. The van der Waals surface area contributed by atoms with Crippen LogP contribution in [0.3, 0.4) is 0 Å². The Balaban J connectivity index is 3.15. The topological polar surface area (TPSA) is 81.5 Å². The molecule has 0 aromatic carbocycles. The van der Waals surface area contributed by atoms with E-state index >= 15 is 0 Å². The van der Waals surface area contributed by atoms with Crippen LogP contribution < -0.4 is 11.5 Å². The summed E-state index contributed by atoms with van der Waals surface area (Å²) in [5.41, 5.74) is 9.89. The molecule has 0 aromatic rings. The number of carbonyl (C=O) groups is 1. The van der Waals surface area contributed by atoms with Crippen LogP contribution >= 0.6 is 0 Å². The highest BCUT2D eigenvalue weighted by atomic mass is 16.1. The molecule has 0 saturated heterocycles. The number of carbonyl (C=O) groups excluding carboxylic acids is 1. The summed E-state index contributed by atoms with van der Waals surface area (Å²) in [5.74, 6) is 0.0341. The van der Waals surface area contributed by atoms with Crippen molar-refractivity contribution in [1.82, 2.24) is 0 Å². The van der Waals surface area contributed by atoms with E-state index < -0.39 is 0 Å². The van der Waals surface area contributed by atoms with Crippen molar-refractivity contribution in [3.8, 4) is 0 Å². The number of guanidine groups is 1. The van der Waals surface area contributed by atoms with E-state index in [-0.39, 0.29) is 5.96 Å². The van der Waals surface area contributed by atoms with Gasteiger partial charge in [-0.2, -0.15) is 0 Å². The third-order valence-electron chi connectivity index (χ3n) is 0.541. The average Bonchev–Trinajstić information content (AvgIpc) is 1.66. The predicted molar refractivity (Wildman–Crippen MR) is 31.4 cm³/mol. The Morgan fingerprint density at radius 1 is 1.62 bits per heavy atom. The molecule has 4 N–H and O–H groups in total. The summed E-state index contributed by atoms with van der Waals surface area (Å²) < 4.78 is 0. The maximum atomic E-state index is 9.64. The van der Waals surface area contributed by atoms with E-state index in [0.717, 1.165) is 6.29 Å². The van der Waals surface area contributed by atoms with Gasteiger partial charge < -0.3 is 16.3 Å². The number of hydrogen-bond acceptors (Lipinski definition) is 2. The number of nitrogens with two attached hydrogens (primary N) is 2. The zero-order valence-corrected chi connectivity index (χ0v) is 4.50. The summed E-state index contributed by atoms with van der Waals surface area (Å²) >= 11 is 0. The molecule has 0 bridgehead atoms. The highest BCUT2D eigenvalue weighted by Crippen LogP contribution is 1.71. The van der Waals surface area contributed by atoms with Crippen molar-refractivity contribution in [2.45, 2.75) is 6.42 Å². The zero-order valence-electron chi connectivity index (χ0n) is 4.50. The van der Waals surface area contributed by atoms with E-state index in [1.54, 1.807) is 0 Å². The maximum absolute atomic E-state index is 9.64. The molecule has 0 atom stereocenters. The van der Waals surface area contributed by atoms with E-state index in [9.17, 15) is 4.79 Å². The smallest absolute Gasteiger partial charge is 0.185 e. The second-order valence-electron chi connectivity index (χ2n) is 1.26. The van der Waals surface area contributed by atoms with E-state index in [1.807, 2.05) is 0 Å². The van der Waals surface area contributed by atoms with Gasteiger partial charge in [0.25, 0.3) is 0 Å². The lowest BCUT2D eigenvalue weighted by molar-refractivity contribution is -0.107. The van der Waals surface area contributed by atoms with Gasteiger partial charge in [0.2, 0.25) is 0 Å². The van der Waals surface area contributed by atoms with Gasteiger partial charge in [0.05, 0.1) is 0 Å². The minimum Gasteiger partial charge on any atom is -0.370 e. The van der Waals surface area contributed by atoms with Crippen molar-refractivity contribution in [2.24, 2.45) is 16.5 Å². The predicted octanol–water partition coefficient (Wildman–Crippen LogP) is -1.15. The van der Waals surface area contributed by atoms with Gasteiger partial charge in [0.1, 0.15) is 6.29 Å². The van der Waals surface area contributed by atoms with Gasteiger partial charge in [0, 0.05) is 13.0 Å². The first-order valence-electron chi connectivity index (χ1n) is 2.26. The summed E-state index contributed by atoms with van der Waals surface area (Å²) in [5, 5.41) is 0. The Labute approximate surface area is 47.6 Å². The molecule has 0 rings (SSSR count). The molecular weight excluding hydrogens is 106 g/mol. The molecule has 0 radical (unpaired) electrons. The standard InChI is InChI=1S/C4H9N3O/c5-4(6)7-2-1-3-8/h3H,1-2H2,(H4,5,6,7). The highest BCUT2D eigenvalue weighted by Gasteiger charge is 1.78. The summed E-state index contributed by atoms with van der Waals surface area (Å²) in [7, 11) is 0. The minimum absolute atomic E-state index is 0.0341. The third-order valence-corrected chi connectivity index (χ3v) is 0.541. The Kier molecular flexibility index (Phi) is 3.56. The molecule has 4 nitrogen and oxygen atoms in total. The Hall–Kier alpha value is -1.06. The first-order chi connectivity index (χ1) is 3.77. The van der Waals surface area contributed by atoms with Crippen molar-refractivity contribution in [2.75, 3.05) is 6.54 Å². The van der Waals surface area contributed by atoms with Crippen LogP contribution in [0.1, 0.15) is 6.42 Å². The van der Waals surface area contributed by atoms with Crippen LogP contribution in [0.5, 0.6) is 0 Å². The van der Waals surface area contributed by atoms with Crippen LogP contribution in [0.2, 0.25) is 0 Å². The van der Waals surface area contributed by atoms with Crippen LogP contribution in [-0.4, -0.2) is 18.8 Å². The van der Waals surface area contributed by atoms with Gasteiger partial charge in [-0.25, -0.2) is 0 Å². The number of hydrogen-bond donors (Lipinski definition) is 2. The van der Waals surface area contributed by atoms with Crippen molar-refractivity contribution in [1.29, 1.82) is 0 Å². The Bertz CT molecular complexity index is 95.5. The second-order valence-corrected chi connectivity index (χ2v) is 1.26. The van der Waals surface area contributed by atoms with Crippen LogP contribution in [-0.2, 0) is 4.79 Å². The summed E-state index contributed by atoms with van der Waals surface area (Å²) in [6.45, 7) is 0.395. The fourth-order valence-electron chi connectivity index (χ4n) is 0.246. The molecule has 0 unspecified atom stereocenters. The normalized spacial score (nSPS) is 8.00. The van der Waals surface area contributed by atoms with E-state index in [1.165, 1.54) is 0 Å². The Morgan fingerprint density at radius 3 is 2.62 bits per heavy atom. The van der Waals surface area contributed by atoms with Crippen LogP contribution in [0.4, 0.5) is 0 Å². The van der Waals surface area contributed by atoms with Crippen molar-refractivity contribution >= 4 is 12.2 Å². The van der Waals surface area contributed by atoms with Crippen molar-refractivity contribution in [3.05, 3.63) is 0 Å². The second kappa shape index (κ2) is 4.11. The third kappa shape index (κ3) is 4.94. The van der Waals surface area contributed by atoms with E-state index in [4.69, 9.17) is 11.5 Å². The van der Waals surface area contributed by atoms with Crippen LogP contribution in [0.25, 0.3) is 0 Å². The fraction of sp³-hybridized carbons (Fsp3) is 0.500. The monoisotopic (exact) mass is 115 g/mol. The lowest BCUT2D eigenvalue weighted by Gasteiger charge is -1.86. The lowest BCUT2D eigenvalue weighted by atomic mass is 10.5. The number of aldehydes is 1. The molecule has 0 aliphatic rings. The van der Waals surface area contributed by atoms with Crippen molar-refractivity contribution < 1.29 is 4.79 Å². The minimum atomic E-state index is 0.0341. The fourth-order valence-corrected chi connectivity index (χ4v) is 0.246. The van der Waals surface area contributed by atoms with Gasteiger partial charge in [0.15, 0.2) is 5.96 Å². The molecule has 0 spiro atoms. The van der Waals surface area contributed by atoms with E-state index in [0.29, 0.717) is 13.0 Å². The van der Waals surface area contributed by atoms with Gasteiger partial charge in [-0.1, -0.05) is 0 Å². The molecule has 0 saturated carbocycles. The largest absolute Gasteiger partial charge is 0.370 e. The molecule has 0 amide bonds.